The molecule has 8 heavy (non-hydrogen) atoms. The topological polar surface area (TPSA) is 0 Å². The second-order valence-electron chi connectivity index (χ2n) is 2.21. The van der Waals surface area contributed by atoms with Gasteiger partial charge in [0, 0.05) is 0 Å². The third-order valence-corrected chi connectivity index (χ3v) is 16.0. The number of halogens is 1. The van der Waals surface area contributed by atoms with E-state index in [9.17, 15) is 0 Å². The van der Waals surface area contributed by atoms with E-state index >= 15 is 0 Å². The zero-order chi connectivity index (χ0) is 6.62. The van der Waals surface area contributed by atoms with Crippen molar-refractivity contribution in [3.8, 4) is 0 Å². The van der Waals surface area contributed by atoms with E-state index in [1.165, 1.54) is 12.4 Å². The second-order valence-corrected chi connectivity index (χ2v) is 17.8. The van der Waals surface area contributed by atoms with Crippen LogP contribution in [0.5, 0.6) is 0 Å². The second kappa shape index (κ2) is 4.06. The summed E-state index contributed by atoms with van der Waals surface area (Å²) in [5, 5.41) is 0. The molecule has 0 aliphatic heterocycles. The summed E-state index contributed by atoms with van der Waals surface area (Å²) in [6.45, 7) is 6.70. The van der Waals surface area contributed by atoms with E-state index in [0.29, 0.717) is 0 Å². The molecule has 0 aliphatic rings. The van der Waals surface area contributed by atoms with Crippen LogP contribution in [0.25, 0.3) is 0 Å². The van der Waals surface area contributed by atoms with Crippen molar-refractivity contribution in [1.82, 2.24) is 0 Å². The molecule has 0 radical (unpaired) electrons. The minimum atomic E-state index is -1.86. The molecular weight excluding hydrogens is 199 g/mol. The first-order valence-electron chi connectivity index (χ1n) is 3.37. The Kier molecular flexibility index (Phi) is 4.66. The fourth-order valence-corrected chi connectivity index (χ4v) is 4.44. The van der Waals surface area contributed by atoms with Gasteiger partial charge in [0.25, 0.3) is 0 Å². The molecule has 0 atom stereocenters. The van der Waals surface area contributed by atoms with Gasteiger partial charge in [0.2, 0.25) is 0 Å². The summed E-state index contributed by atoms with van der Waals surface area (Å²) in [4.78, 5) is 0. The van der Waals surface area contributed by atoms with E-state index < -0.39 is 19.1 Å². The molecule has 0 fully saturated rings. The SMILES string of the molecule is C[CH2][Zr]([Cl])([CH2]C)[CH2]C. The van der Waals surface area contributed by atoms with Gasteiger partial charge >= 0.3 is 60.7 Å². The van der Waals surface area contributed by atoms with E-state index in [1.54, 1.807) is 0 Å². The molecule has 0 rings (SSSR count). The Bertz CT molecular complexity index is 51.3. The first-order chi connectivity index (χ1) is 3.68. The Morgan fingerprint density at radius 2 is 1.25 bits per heavy atom. The van der Waals surface area contributed by atoms with E-state index in [2.05, 4.69) is 20.8 Å². The average Bonchev–Trinajstić information content (AvgIpc) is 1.87. The van der Waals surface area contributed by atoms with Crippen molar-refractivity contribution in [2.75, 3.05) is 0 Å². The Labute approximate surface area is 60.6 Å². The first-order valence-corrected chi connectivity index (χ1v) is 11.8. The van der Waals surface area contributed by atoms with E-state index in [4.69, 9.17) is 8.51 Å². The maximum absolute atomic E-state index is 6.30. The van der Waals surface area contributed by atoms with Crippen LogP contribution >= 0.6 is 8.51 Å². The summed E-state index contributed by atoms with van der Waals surface area (Å²) in [5.74, 6) is 0. The number of rotatable bonds is 3. The van der Waals surface area contributed by atoms with Crippen molar-refractivity contribution >= 4 is 8.51 Å². The normalized spacial score (nSPS) is 12.0. The minimum absolute atomic E-state index is 1.29. The summed E-state index contributed by atoms with van der Waals surface area (Å²) >= 11 is -1.86. The summed E-state index contributed by atoms with van der Waals surface area (Å²) < 4.78 is 3.88. The molecule has 0 spiro atoms. The molecule has 50 valence electrons. The Hall–Kier alpha value is 1.17. The van der Waals surface area contributed by atoms with Crippen LogP contribution in [-0.4, -0.2) is 0 Å². The van der Waals surface area contributed by atoms with Gasteiger partial charge in [-0.1, -0.05) is 0 Å². The van der Waals surface area contributed by atoms with Crippen molar-refractivity contribution in [2.24, 2.45) is 0 Å². The predicted octanol–water partition coefficient (Wildman–Crippen LogP) is 3.61. The molecule has 0 aromatic rings. The van der Waals surface area contributed by atoms with Gasteiger partial charge in [-0.15, -0.1) is 0 Å². The van der Waals surface area contributed by atoms with Gasteiger partial charge in [0.1, 0.15) is 0 Å². The summed E-state index contributed by atoms with van der Waals surface area (Å²) in [5.41, 5.74) is 0. The average molecular weight is 214 g/mol. The van der Waals surface area contributed by atoms with Crippen LogP contribution < -0.4 is 0 Å². The number of hydrogen-bond acceptors (Lipinski definition) is 0. The number of hydrogen-bond donors (Lipinski definition) is 0. The van der Waals surface area contributed by atoms with Gasteiger partial charge in [0.05, 0.1) is 0 Å². The van der Waals surface area contributed by atoms with E-state index in [1.807, 2.05) is 0 Å². The quantitative estimate of drug-likeness (QED) is 0.672. The molecule has 0 N–H and O–H groups in total. The Morgan fingerprint density at radius 3 is 1.25 bits per heavy atom. The molecule has 0 aromatic heterocycles. The molecular formula is C6H15ClZr. The molecule has 0 amide bonds. The zero-order valence-electron chi connectivity index (χ0n) is 6.00. The molecule has 0 heterocycles. The third-order valence-electron chi connectivity index (χ3n) is 1.90. The molecule has 0 bridgehead atoms. The zero-order valence-corrected chi connectivity index (χ0v) is 9.21. The van der Waals surface area contributed by atoms with Crippen LogP contribution in [0.1, 0.15) is 20.8 Å². The van der Waals surface area contributed by atoms with Crippen LogP contribution in [0.2, 0.25) is 12.4 Å². The van der Waals surface area contributed by atoms with Gasteiger partial charge < -0.3 is 0 Å². The van der Waals surface area contributed by atoms with Gasteiger partial charge in [0.15, 0.2) is 0 Å². The van der Waals surface area contributed by atoms with Crippen molar-refractivity contribution in [1.29, 1.82) is 0 Å². The van der Waals surface area contributed by atoms with Crippen molar-refractivity contribution in [2.45, 2.75) is 33.2 Å². The first kappa shape index (κ1) is 9.17. The molecule has 2 heteroatoms. The third kappa shape index (κ3) is 2.64. The molecule has 0 saturated carbocycles. The summed E-state index contributed by atoms with van der Waals surface area (Å²) in [6.07, 6.45) is 0. The van der Waals surface area contributed by atoms with Crippen molar-refractivity contribution < 1.29 is 19.1 Å². The van der Waals surface area contributed by atoms with Gasteiger partial charge in [-0.3, -0.25) is 0 Å². The van der Waals surface area contributed by atoms with Crippen LogP contribution in [0.4, 0.5) is 0 Å². The molecule has 0 aromatic carbocycles. The van der Waals surface area contributed by atoms with Crippen LogP contribution in [0.15, 0.2) is 0 Å². The monoisotopic (exact) mass is 212 g/mol. The van der Waals surface area contributed by atoms with Crippen molar-refractivity contribution in [3.05, 3.63) is 0 Å². The summed E-state index contributed by atoms with van der Waals surface area (Å²) in [7, 11) is 6.30. The van der Waals surface area contributed by atoms with Gasteiger partial charge in [-0.25, -0.2) is 0 Å². The predicted molar refractivity (Wildman–Crippen MR) is 37.3 cm³/mol. The Balaban J connectivity index is 3.58. The molecule has 0 nitrogen and oxygen atoms in total. The molecule has 0 aliphatic carbocycles. The van der Waals surface area contributed by atoms with E-state index in [-0.39, 0.29) is 0 Å². The van der Waals surface area contributed by atoms with Crippen molar-refractivity contribution in [3.63, 3.8) is 0 Å². The van der Waals surface area contributed by atoms with Gasteiger partial charge in [-0.2, -0.15) is 0 Å². The fraction of sp³-hybridized carbons (Fsp3) is 1.00. The Morgan fingerprint density at radius 1 is 1.00 bits per heavy atom. The fourth-order valence-electron chi connectivity index (χ4n) is 0.750. The molecule has 0 saturated heterocycles. The van der Waals surface area contributed by atoms with Gasteiger partial charge in [-0.05, 0) is 0 Å². The maximum atomic E-state index is 6.30. The molecule has 0 unspecified atom stereocenters. The van der Waals surface area contributed by atoms with Crippen LogP contribution in [-0.2, 0) is 19.1 Å². The summed E-state index contributed by atoms with van der Waals surface area (Å²) in [6, 6.07) is 0. The van der Waals surface area contributed by atoms with Crippen LogP contribution in [0, 0.1) is 0 Å². The van der Waals surface area contributed by atoms with E-state index in [0.717, 1.165) is 0 Å². The standard InChI is InChI=1S/3C2H5.ClH.Zr/c3*1-2;;/h3*1H2,2H3;1H;/q;;;;+1/p-1. The van der Waals surface area contributed by atoms with Crippen LogP contribution in [0.3, 0.4) is 0 Å².